The molecule has 0 aromatic carbocycles. The van der Waals surface area contributed by atoms with Crippen molar-refractivity contribution in [3.8, 4) is 0 Å². The minimum Gasteiger partial charge on any atom is -0.340 e. The highest BCUT2D eigenvalue weighted by molar-refractivity contribution is 5.76. The van der Waals surface area contributed by atoms with Gasteiger partial charge in [0.1, 0.15) is 6.54 Å². The maximum atomic E-state index is 12.1. The Kier molecular flexibility index (Phi) is 2.94. The lowest BCUT2D eigenvalue weighted by molar-refractivity contribution is -0.131. The minimum absolute atomic E-state index is 0.0593. The van der Waals surface area contributed by atoms with Crippen molar-refractivity contribution in [3.63, 3.8) is 0 Å². The molecule has 1 amide bonds. The summed E-state index contributed by atoms with van der Waals surface area (Å²) in [6.07, 6.45) is 4.30. The number of nitrogens with one attached hydrogen (secondary N) is 2. The highest BCUT2D eigenvalue weighted by Gasteiger charge is 2.28. The predicted octanol–water partition coefficient (Wildman–Crippen LogP) is -0.0844. The van der Waals surface area contributed by atoms with Gasteiger partial charge in [0.05, 0.1) is 0 Å². The van der Waals surface area contributed by atoms with Gasteiger partial charge >= 0.3 is 0 Å². The number of nitrogens with zero attached hydrogens (tertiary/aromatic N) is 3. The summed E-state index contributed by atoms with van der Waals surface area (Å²) in [5.41, 5.74) is 0.746. The average molecular weight is 261 g/mol. The molecule has 3 heterocycles. The molecular formula is C12H15N5O2. The van der Waals surface area contributed by atoms with Gasteiger partial charge in [-0.25, -0.2) is 0 Å². The third kappa shape index (κ3) is 2.44. The lowest BCUT2D eigenvalue weighted by Crippen LogP contribution is -2.31. The number of carbonyl (C=O) groups excluding carboxylic acids is 1. The number of carbonyl (C=O) groups is 1. The summed E-state index contributed by atoms with van der Waals surface area (Å²) in [4.78, 5) is 25.0. The smallest absolute Gasteiger partial charge is 0.264 e. The Balaban J connectivity index is 1.62. The van der Waals surface area contributed by atoms with E-state index in [1.807, 2.05) is 4.90 Å². The van der Waals surface area contributed by atoms with Crippen molar-refractivity contribution < 1.29 is 4.79 Å². The molecule has 7 nitrogen and oxygen atoms in total. The summed E-state index contributed by atoms with van der Waals surface area (Å²) in [6, 6.07) is 3.36. The first-order valence-electron chi connectivity index (χ1n) is 6.25. The number of likely N-dealkylation sites (tertiary alicyclic amines) is 1. The van der Waals surface area contributed by atoms with Gasteiger partial charge in [-0.15, -0.1) is 0 Å². The number of hydrogen-bond acceptors (Lipinski definition) is 3. The van der Waals surface area contributed by atoms with Crippen molar-refractivity contribution in [2.24, 2.45) is 0 Å². The Bertz CT molecular complexity index is 612. The zero-order chi connectivity index (χ0) is 13.2. The fraction of sp³-hybridized carbons (Fsp3) is 0.417. The number of hydrogen-bond donors (Lipinski definition) is 2. The van der Waals surface area contributed by atoms with E-state index in [1.165, 1.54) is 0 Å². The Morgan fingerprint density at radius 1 is 1.47 bits per heavy atom. The van der Waals surface area contributed by atoms with Crippen molar-refractivity contribution in [3.05, 3.63) is 40.6 Å². The molecule has 3 rings (SSSR count). The normalized spacial score (nSPS) is 18.9. The standard InChI is InChI=1S/C12H15N5O2/c18-11-6-10(14-15-11)9-2-5-16(7-9)12(19)8-17-4-1-3-13-17/h1,3-4,6,9H,2,5,7-8H2,(H2,14,15,18). The average Bonchev–Trinajstić information content (AvgIpc) is 3.07. The molecule has 1 aliphatic heterocycles. The van der Waals surface area contributed by atoms with Crippen molar-refractivity contribution in [2.75, 3.05) is 13.1 Å². The maximum absolute atomic E-state index is 12.1. The highest BCUT2D eigenvalue weighted by Crippen LogP contribution is 2.24. The van der Waals surface area contributed by atoms with Crippen LogP contribution < -0.4 is 5.56 Å². The van der Waals surface area contributed by atoms with Crippen LogP contribution in [-0.2, 0) is 11.3 Å². The molecule has 0 saturated carbocycles. The van der Waals surface area contributed by atoms with Crippen LogP contribution in [0.2, 0.25) is 0 Å². The van der Waals surface area contributed by atoms with Crippen LogP contribution in [0.1, 0.15) is 18.0 Å². The minimum atomic E-state index is -0.128. The van der Waals surface area contributed by atoms with Crippen LogP contribution >= 0.6 is 0 Å². The summed E-state index contributed by atoms with van der Waals surface area (Å²) in [5.74, 6) is 0.268. The van der Waals surface area contributed by atoms with Crippen molar-refractivity contribution in [1.82, 2.24) is 24.9 Å². The van der Waals surface area contributed by atoms with Gasteiger partial charge in [-0.2, -0.15) is 5.10 Å². The van der Waals surface area contributed by atoms with E-state index in [9.17, 15) is 9.59 Å². The molecule has 2 aromatic rings. The lowest BCUT2D eigenvalue weighted by Gasteiger charge is -2.16. The molecule has 1 unspecified atom stereocenters. The molecule has 0 aliphatic carbocycles. The molecule has 0 bridgehead atoms. The van der Waals surface area contributed by atoms with Gasteiger partial charge in [0.2, 0.25) is 5.91 Å². The van der Waals surface area contributed by atoms with E-state index in [2.05, 4.69) is 15.3 Å². The molecule has 1 aliphatic rings. The Hall–Kier alpha value is -2.31. The molecule has 0 radical (unpaired) electrons. The third-order valence-electron chi connectivity index (χ3n) is 3.45. The Morgan fingerprint density at radius 2 is 2.37 bits per heavy atom. The first-order valence-corrected chi connectivity index (χ1v) is 6.25. The number of rotatable bonds is 3. The van der Waals surface area contributed by atoms with E-state index in [-0.39, 0.29) is 23.9 Å². The number of aromatic amines is 2. The van der Waals surface area contributed by atoms with Crippen LogP contribution in [0.3, 0.4) is 0 Å². The molecule has 1 atom stereocenters. The second-order valence-corrected chi connectivity index (χ2v) is 4.74. The molecule has 1 fully saturated rings. The Morgan fingerprint density at radius 3 is 3.05 bits per heavy atom. The van der Waals surface area contributed by atoms with Gasteiger partial charge < -0.3 is 10.00 Å². The summed E-state index contributed by atoms with van der Waals surface area (Å²) in [7, 11) is 0. The van der Waals surface area contributed by atoms with Gasteiger partial charge in [-0.05, 0) is 12.5 Å². The van der Waals surface area contributed by atoms with Crippen LogP contribution in [0.15, 0.2) is 29.3 Å². The van der Waals surface area contributed by atoms with Gasteiger partial charge in [-0.3, -0.25) is 19.4 Å². The monoisotopic (exact) mass is 261 g/mol. The molecule has 2 aromatic heterocycles. The third-order valence-corrected chi connectivity index (χ3v) is 3.45. The molecular weight excluding hydrogens is 246 g/mol. The largest absolute Gasteiger partial charge is 0.340 e. The second-order valence-electron chi connectivity index (χ2n) is 4.74. The molecule has 100 valence electrons. The van der Waals surface area contributed by atoms with Crippen molar-refractivity contribution in [2.45, 2.75) is 18.9 Å². The molecule has 7 heteroatoms. The fourth-order valence-electron chi connectivity index (χ4n) is 2.44. The molecule has 2 N–H and O–H groups in total. The van der Waals surface area contributed by atoms with Crippen LogP contribution in [0.5, 0.6) is 0 Å². The van der Waals surface area contributed by atoms with Crippen molar-refractivity contribution >= 4 is 5.91 Å². The second kappa shape index (κ2) is 4.75. The van der Waals surface area contributed by atoms with E-state index in [1.54, 1.807) is 29.2 Å². The molecule has 0 spiro atoms. The quantitative estimate of drug-likeness (QED) is 0.810. The fourth-order valence-corrected chi connectivity index (χ4v) is 2.44. The van der Waals surface area contributed by atoms with E-state index in [0.29, 0.717) is 6.54 Å². The van der Waals surface area contributed by atoms with Crippen molar-refractivity contribution in [1.29, 1.82) is 0 Å². The summed E-state index contributed by atoms with van der Waals surface area (Å²) >= 11 is 0. The summed E-state index contributed by atoms with van der Waals surface area (Å²) in [6.45, 7) is 1.63. The zero-order valence-corrected chi connectivity index (χ0v) is 10.4. The van der Waals surface area contributed by atoms with E-state index in [0.717, 1.165) is 18.7 Å². The molecule has 19 heavy (non-hydrogen) atoms. The Labute approximate surface area is 109 Å². The van der Waals surface area contributed by atoms with E-state index < -0.39 is 0 Å². The van der Waals surface area contributed by atoms with Crippen LogP contribution in [0, 0.1) is 0 Å². The first kappa shape index (κ1) is 11.8. The lowest BCUT2D eigenvalue weighted by atomic mass is 10.1. The van der Waals surface area contributed by atoms with Crippen LogP contribution in [0.25, 0.3) is 0 Å². The van der Waals surface area contributed by atoms with Gasteiger partial charge in [0.25, 0.3) is 5.56 Å². The number of aromatic nitrogens is 4. The van der Waals surface area contributed by atoms with Crippen LogP contribution in [0.4, 0.5) is 0 Å². The topological polar surface area (TPSA) is 86.8 Å². The predicted molar refractivity (Wildman–Crippen MR) is 67.6 cm³/mol. The van der Waals surface area contributed by atoms with Gasteiger partial charge in [0, 0.05) is 43.2 Å². The highest BCUT2D eigenvalue weighted by atomic mass is 16.2. The van der Waals surface area contributed by atoms with E-state index >= 15 is 0 Å². The van der Waals surface area contributed by atoms with E-state index in [4.69, 9.17) is 0 Å². The summed E-state index contributed by atoms with van der Waals surface area (Å²) < 4.78 is 1.62. The van der Waals surface area contributed by atoms with Gasteiger partial charge in [0.15, 0.2) is 0 Å². The number of H-pyrrole nitrogens is 2. The zero-order valence-electron chi connectivity index (χ0n) is 10.4. The maximum Gasteiger partial charge on any atom is 0.264 e. The molecule has 1 saturated heterocycles. The first-order chi connectivity index (χ1) is 9.22. The number of amides is 1. The van der Waals surface area contributed by atoms with Gasteiger partial charge in [-0.1, -0.05) is 0 Å². The SMILES string of the molecule is O=C(Cn1cccn1)N1CCC(c2cc(=O)[nH][nH]2)C1. The summed E-state index contributed by atoms with van der Waals surface area (Å²) in [5, 5.41) is 9.41. The van der Waals surface area contributed by atoms with Crippen LogP contribution in [-0.4, -0.2) is 43.9 Å².